The molecule has 0 spiro atoms. The summed E-state index contributed by atoms with van der Waals surface area (Å²) in [5.41, 5.74) is 3.20. The van der Waals surface area contributed by atoms with Crippen molar-refractivity contribution in [2.45, 2.75) is 33.4 Å². The van der Waals surface area contributed by atoms with Gasteiger partial charge in [0.15, 0.2) is 0 Å². The molecule has 1 unspecified atom stereocenters. The predicted molar refractivity (Wildman–Crippen MR) is 120 cm³/mol. The van der Waals surface area contributed by atoms with E-state index < -0.39 is 0 Å². The van der Waals surface area contributed by atoms with Crippen LogP contribution in [0, 0.1) is 12.8 Å². The van der Waals surface area contributed by atoms with Crippen LogP contribution in [0.1, 0.15) is 35.3 Å². The monoisotopic (exact) mass is 413 g/mol. The van der Waals surface area contributed by atoms with Crippen LogP contribution in [-0.2, 0) is 6.54 Å². The molecule has 1 atom stereocenters. The van der Waals surface area contributed by atoms with Gasteiger partial charge in [0.2, 0.25) is 0 Å². The maximum Gasteiger partial charge on any atom is 0.251 e. The number of nitrogens with one attached hydrogen (secondary N) is 1. The SMILES string of the molecule is Cc1ccc(C(=O)NC(CN2CCN(Cc3ccc(Cl)cc3)CC2)C(C)C)cc1. The zero-order valence-corrected chi connectivity index (χ0v) is 18.5. The maximum absolute atomic E-state index is 12.6. The van der Waals surface area contributed by atoms with E-state index >= 15 is 0 Å². The van der Waals surface area contributed by atoms with Gasteiger partial charge in [-0.1, -0.05) is 55.3 Å². The smallest absolute Gasteiger partial charge is 0.251 e. The zero-order chi connectivity index (χ0) is 20.8. The number of carbonyl (C=O) groups excluding carboxylic acids is 1. The lowest BCUT2D eigenvalue weighted by Gasteiger charge is -2.37. The van der Waals surface area contributed by atoms with Crippen molar-refractivity contribution >= 4 is 17.5 Å². The first kappa shape index (κ1) is 21.8. The normalized spacial score (nSPS) is 16.7. The van der Waals surface area contributed by atoms with Crippen molar-refractivity contribution < 1.29 is 4.79 Å². The molecule has 156 valence electrons. The van der Waals surface area contributed by atoms with Crippen molar-refractivity contribution in [3.05, 3.63) is 70.2 Å². The highest BCUT2D eigenvalue weighted by Gasteiger charge is 2.23. The second kappa shape index (κ2) is 10.2. The molecule has 1 N–H and O–H groups in total. The van der Waals surface area contributed by atoms with Crippen molar-refractivity contribution in [2.24, 2.45) is 5.92 Å². The van der Waals surface area contributed by atoms with Crippen LogP contribution in [0.4, 0.5) is 0 Å². The van der Waals surface area contributed by atoms with Gasteiger partial charge in [-0.25, -0.2) is 0 Å². The molecule has 1 saturated heterocycles. The third kappa shape index (κ3) is 6.56. The molecule has 1 fully saturated rings. The summed E-state index contributed by atoms with van der Waals surface area (Å²) in [4.78, 5) is 17.6. The summed E-state index contributed by atoms with van der Waals surface area (Å²) >= 11 is 5.98. The lowest BCUT2D eigenvalue weighted by Crippen LogP contribution is -2.52. The summed E-state index contributed by atoms with van der Waals surface area (Å²) in [6, 6.07) is 16.0. The van der Waals surface area contributed by atoms with E-state index in [1.54, 1.807) is 0 Å². The zero-order valence-electron chi connectivity index (χ0n) is 17.7. The first-order chi connectivity index (χ1) is 13.9. The Labute approximate surface area is 179 Å². The van der Waals surface area contributed by atoms with Crippen molar-refractivity contribution in [3.63, 3.8) is 0 Å². The summed E-state index contributed by atoms with van der Waals surface area (Å²) in [6.45, 7) is 12.4. The number of benzene rings is 2. The number of nitrogens with zero attached hydrogens (tertiary/aromatic N) is 2. The fourth-order valence-electron chi connectivity index (χ4n) is 3.64. The van der Waals surface area contributed by atoms with Crippen LogP contribution in [-0.4, -0.2) is 54.5 Å². The molecule has 29 heavy (non-hydrogen) atoms. The molecule has 2 aromatic rings. The number of hydrogen-bond acceptors (Lipinski definition) is 3. The second-order valence-electron chi connectivity index (χ2n) is 8.39. The van der Waals surface area contributed by atoms with Gasteiger partial charge < -0.3 is 5.32 Å². The number of rotatable bonds is 7. The van der Waals surface area contributed by atoms with Gasteiger partial charge in [0, 0.05) is 55.9 Å². The van der Waals surface area contributed by atoms with Gasteiger partial charge >= 0.3 is 0 Å². The van der Waals surface area contributed by atoms with Crippen molar-refractivity contribution in [1.82, 2.24) is 15.1 Å². The first-order valence-corrected chi connectivity index (χ1v) is 10.8. The molecule has 0 bridgehead atoms. The Morgan fingerprint density at radius 1 is 0.966 bits per heavy atom. The van der Waals surface area contributed by atoms with E-state index in [9.17, 15) is 4.79 Å². The van der Waals surface area contributed by atoms with E-state index in [0.717, 1.165) is 49.9 Å². The minimum absolute atomic E-state index is 0.0186. The fourth-order valence-corrected chi connectivity index (χ4v) is 3.76. The van der Waals surface area contributed by atoms with Crippen LogP contribution >= 0.6 is 11.6 Å². The van der Waals surface area contributed by atoms with Crippen LogP contribution in [0.15, 0.2) is 48.5 Å². The van der Waals surface area contributed by atoms with Crippen molar-refractivity contribution in [2.75, 3.05) is 32.7 Å². The molecular formula is C24H32ClN3O. The van der Waals surface area contributed by atoms with Gasteiger partial charge in [-0.3, -0.25) is 14.6 Å². The third-order valence-electron chi connectivity index (χ3n) is 5.67. The van der Waals surface area contributed by atoms with Gasteiger partial charge in [0.05, 0.1) is 0 Å². The lowest BCUT2D eigenvalue weighted by atomic mass is 10.0. The number of aryl methyl sites for hydroxylation is 1. The Hall–Kier alpha value is -1.88. The number of piperazine rings is 1. The highest BCUT2D eigenvalue weighted by Crippen LogP contribution is 2.14. The maximum atomic E-state index is 12.6. The van der Waals surface area contributed by atoms with Crippen LogP contribution in [0.5, 0.6) is 0 Å². The van der Waals surface area contributed by atoms with E-state index in [-0.39, 0.29) is 11.9 Å². The Morgan fingerprint density at radius 3 is 2.14 bits per heavy atom. The van der Waals surface area contributed by atoms with Crippen LogP contribution in [0.25, 0.3) is 0 Å². The summed E-state index contributed by atoms with van der Waals surface area (Å²) < 4.78 is 0. The molecule has 0 aliphatic carbocycles. The lowest BCUT2D eigenvalue weighted by molar-refractivity contribution is 0.0862. The van der Waals surface area contributed by atoms with Crippen LogP contribution in [0.3, 0.4) is 0 Å². The molecule has 2 aromatic carbocycles. The molecule has 1 aliphatic rings. The molecule has 0 radical (unpaired) electrons. The summed E-state index contributed by atoms with van der Waals surface area (Å²) in [5.74, 6) is 0.404. The standard InChI is InChI=1S/C24H32ClN3O/c1-18(2)23(26-24(29)21-8-4-19(3)5-9-21)17-28-14-12-27(13-15-28)16-20-6-10-22(25)11-7-20/h4-11,18,23H,12-17H2,1-3H3,(H,26,29). The van der Waals surface area contributed by atoms with Crippen molar-refractivity contribution in [1.29, 1.82) is 0 Å². The fraction of sp³-hybridized carbons (Fsp3) is 0.458. The average Bonchev–Trinajstić information content (AvgIpc) is 2.71. The predicted octanol–water partition coefficient (Wildman–Crippen LogP) is 4.22. The van der Waals surface area contributed by atoms with Crippen molar-refractivity contribution in [3.8, 4) is 0 Å². The number of hydrogen-bond donors (Lipinski definition) is 1. The topological polar surface area (TPSA) is 35.6 Å². The van der Waals surface area contributed by atoms with Gasteiger partial charge in [0.25, 0.3) is 5.91 Å². The largest absolute Gasteiger partial charge is 0.348 e. The van der Waals surface area contributed by atoms with E-state index in [2.05, 4.69) is 41.1 Å². The molecule has 5 heteroatoms. The van der Waals surface area contributed by atoms with E-state index in [0.29, 0.717) is 5.92 Å². The molecule has 4 nitrogen and oxygen atoms in total. The summed E-state index contributed by atoms with van der Waals surface area (Å²) in [7, 11) is 0. The van der Waals surface area contributed by atoms with Gasteiger partial charge in [-0.15, -0.1) is 0 Å². The third-order valence-corrected chi connectivity index (χ3v) is 5.93. The Bertz CT molecular complexity index is 781. The van der Waals surface area contributed by atoms with Crippen LogP contribution in [0.2, 0.25) is 5.02 Å². The minimum atomic E-state index is 0.0186. The molecule has 1 heterocycles. The van der Waals surface area contributed by atoms with Crippen LogP contribution < -0.4 is 5.32 Å². The van der Waals surface area contributed by atoms with Gasteiger partial charge in [0.1, 0.15) is 0 Å². The number of halogens is 1. The highest BCUT2D eigenvalue weighted by atomic mass is 35.5. The van der Waals surface area contributed by atoms with Gasteiger partial charge in [-0.05, 0) is 42.7 Å². The quantitative estimate of drug-likeness (QED) is 0.738. The van der Waals surface area contributed by atoms with Gasteiger partial charge in [-0.2, -0.15) is 0 Å². The number of amides is 1. The molecule has 1 aliphatic heterocycles. The Kier molecular flexibility index (Phi) is 7.70. The molecule has 0 aromatic heterocycles. The molecule has 3 rings (SSSR count). The minimum Gasteiger partial charge on any atom is -0.348 e. The summed E-state index contributed by atoms with van der Waals surface area (Å²) in [5, 5.41) is 4.03. The van der Waals surface area contributed by atoms with E-state index in [1.165, 1.54) is 11.1 Å². The molecular weight excluding hydrogens is 382 g/mol. The first-order valence-electron chi connectivity index (χ1n) is 10.5. The second-order valence-corrected chi connectivity index (χ2v) is 8.83. The molecule has 1 amide bonds. The van der Waals surface area contributed by atoms with E-state index in [1.807, 2.05) is 43.3 Å². The number of carbonyl (C=O) groups is 1. The Balaban J connectivity index is 1.49. The molecule has 0 saturated carbocycles. The average molecular weight is 414 g/mol. The summed E-state index contributed by atoms with van der Waals surface area (Å²) in [6.07, 6.45) is 0. The highest BCUT2D eigenvalue weighted by molar-refractivity contribution is 6.30. The Morgan fingerprint density at radius 2 is 1.55 bits per heavy atom. The van der Waals surface area contributed by atoms with E-state index in [4.69, 9.17) is 11.6 Å².